The molecule has 0 aromatic carbocycles. The largest absolute Gasteiger partial charge is 0.324 e. The van der Waals surface area contributed by atoms with Crippen molar-refractivity contribution >= 4 is 11.3 Å². The highest BCUT2D eigenvalue weighted by Crippen LogP contribution is 2.43. The van der Waals surface area contributed by atoms with E-state index >= 15 is 0 Å². The molecule has 0 amide bonds. The molecule has 2 nitrogen and oxygen atoms in total. The van der Waals surface area contributed by atoms with Crippen LogP contribution in [0.15, 0.2) is 5.38 Å². The lowest BCUT2D eigenvalue weighted by Crippen LogP contribution is -2.56. The second-order valence-corrected chi connectivity index (χ2v) is 6.84. The molecule has 0 radical (unpaired) electrons. The summed E-state index contributed by atoms with van der Waals surface area (Å²) >= 11 is 1.73. The van der Waals surface area contributed by atoms with Gasteiger partial charge >= 0.3 is 0 Å². The molecular weight excluding hydrogens is 216 g/mol. The molecule has 1 heterocycles. The minimum absolute atomic E-state index is 0.0637. The highest BCUT2D eigenvalue weighted by atomic mass is 32.1. The molecule has 90 valence electrons. The van der Waals surface area contributed by atoms with Gasteiger partial charge in [-0.15, -0.1) is 11.3 Å². The fourth-order valence-corrected chi connectivity index (χ4v) is 3.35. The van der Waals surface area contributed by atoms with Gasteiger partial charge in [0.05, 0.1) is 10.7 Å². The quantitative estimate of drug-likeness (QED) is 0.858. The summed E-state index contributed by atoms with van der Waals surface area (Å²) in [6, 6.07) is 0. The summed E-state index contributed by atoms with van der Waals surface area (Å²) in [7, 11) is 0. The minimum Gasteiger partial charge on any atom is -0.324 e. The number of aromatic nitrogens is 1. The van der Waals surface area contributed by atoms with Gasteiger partial charge in [0.15, 0.2) is 0 Å². The van der Waals surface area contributed by atoms with Gasteiger partial charge in [-0.05, 0) is 25.2 Å². The Kier molecular flexibility index (Phi) is 3.10. The molecule has 1 fully saturated rings. The van der Waals surface area contributed by atoms with Crippen molar-refractivity contribution in [3.8, 4) is 0 Å². The van der Waals surface area contributed by atoms with Crippen molar-refractivity contribution < 1.29 is 0 Å². The Bertz CT molecular complexity index is 370. The van der Waals surface area contributed by atoms with Crippen molar-refractivity contribution in [2.75, 3.05) is 0 Å². The third kappa shape index (κ3) is 2.16. The SMILES string of the molecule is Cc1nc(CC2(N)CCCCC2(C)C)cs1. The summed E-state index contributed by atoms with van der Waals surface area (Å²) in [4.78, 5) is 4.55. The first-order chi connectivity index (χ1) is 7.43. The maximum Gasteiger partial charge on any atom is 0.0897 e. The predicted molar refractivity (Wildman–Crippen MR) is 69.7 cm³/mol. The molecule has 1 atom stereocenters. The number of hydrogen-bond acceptors (Lipinski definition) is 3. The van der Waals surface area contributed by atoms with Crippen molar-refractivity contribution in [3.05, 3.63) is 16.1 Å². The van der Waals surface area contributed by atoms with Gasteiger partial charge in [-0.2, -0.15) is 0 Å². The zero-order valence-electron chi connectivity index (χ0n) is 10.5. The first kappa shape index (κ1) is 12.1. The Morgan fingerprint density at radius 3 is 2.62 bits per heavy atom. The average molecular weight is 238 g/mol. The van der Waals surface area contributed by atoms with Crippen molar-refractivity contribution in [2.45, 2.75) is 58.4 Å². The van der Waals surface area contributed by atoms with E-state index in [-0.39, 0.29) is 11.0 Å². The van der Waals surface area contributed by atoms with E-state index in [4.69, 9.17) is 5.73 Å². The van der Waals surface area contributed by atoms with E-state index < -0.39 is 0 Å². The third-order valence-corrected chi connectivity index (χ3v) is 5.01. The van der Waals surface area contributed by atoms with Crippen molar-refractivity contribution in [1.82, 2.24) is 4.98 Å². The predicted octanol–water partition coefficient (Wildman–Crippen LogP) is 3.29. The maximum atomic E-state index is 6.64. The standard InChI is InChI=1S/C13H22N2S/c1-10-15-11(9-16-10)8-13(14)7-5-4-6-12(13,2)3/h9H,4-8,14H2,1-3H3. The normalized spacial score (nSPS) is 29.2. The summed E-state index contributed by atoms with van der Waals surface area (Å²) in [5.41, 5.74) is 8.00. The molecule has 16 heavy (non-hydrogen) atoms. The zero-order valence-corrected chi connectivity index (χ0v) is 11.4. The van der Waals surface area contributed by atoms with Crippen LogP contribution in [0.25, 0.3) is 0 Å². The van der Waals surface area contributed by atoms with Crippen LogP contribution in [0.3, 0.4) is 0 Å². The highest BCUT2D eigenvalue weighted by molar-refractivity contribution is 7.09. The van der Waals surface area contributed by atoms with E-state index in [1.54, 1.807) is 11.3 Å². The van der Waals surface area contributed by atoms with E-state index in [1.807, 2.05) is 0 Å². The summed E-state index contributed by atoms with van der Waals surface area (Å²) in [5, 5.41) is 3.31. The van der Waals surface area contributed by atoms with E-state index in [0.717, 1.165) is 17.8 Å². The smallest absolute Gasteiger partial charge is 0.0897 e. The third-order valence-electron chi connectivity index (χ3n) is 4.19. The topological polar surface area (TPSA) is 38.9 Å². The summed E-state index contributed by atoms with van der Waals surface area (Å²) in [5.74, 6) is 0. The van der Waals surface area contributed by atoms with E-state index in [9.17, 15) is 0 Å². The molecular formula is C13H22N2S. The lowest BCUT2D eigenvalue weighted by molar-refractivity contribution is 0.0982. The van der Waals surface area contributed by atoms with E-state index in [1.165, 1.54) is 25.0 Å². The van der Waals surface area contributed by atoms with Gasteiger partial charge in [0, 0.05) is 17.3 Å². The van der Waals surface area contributed by atoms with Gasteiger partial charge in [-0.3, -0.25) is 0 Å². The minimum atomic E-state index is -0.0637. The average Bonchev–Trinajstić information content (AvgIpc) is 2.57. The molecule has 1 aromatic heterocycles. The number of nitrogens with two attached hydrogens (primary N) is 1. The van der Waals surface area contributed by atoms with Crippen LogP contribution in [0.5, 0.6) is 0 Å². The van der Waals surface area contributed by atoms with Gasteiger partial charge in [0.1, 0.15) is 0 Å². The fourth-order valence-electron chi connectivity index (χ4n) is 2.74. The van der Waals surface area contributed by atoms with Crippen LogP contribution in [0.4, 0.5) is 0 Å². The molecule has 1 aliphatic carbocycles. The number of thiazole rings is 1. The second-order valence-electron chi connectivity index (χ2n) is 5.78. The Morgan fingerprint density at radius 1 is 1.38 bits per heavy atom. The Hall–Kier alpha value is -0.410. The van der Waals surface area contributed by atoms with Gasteiger partial charge in [0.2, 0.25) is 0 Å². The first-order valence-electron chi connectivity index (χ1n) is 6.13. The highest BCUT2D eigenvalue weighted by Gasteiger charge is 2.43. The van der Waals surface area contributed by atoms with Crippen molar-refractivity contribution in [3.63, 3.8) is 0 Å². The molecule has 0 saturated heterocycles. The number of hydrogen-bond donors (Lipinski definition) is 1. The maximum absolute atomic E-state index is 6.64. The monoisotopic (exact) mass is 238 g/mol. The second kappa shape index (κ2) is 4.11. The summed E-state index contributed by atoms with van der Waals surface area (Å²) in [6.07, 6.45) is 5.90. The molecule has 1 unspecified atom stereocenters. The van der Waals surface area contributed by atoms with Crippen LogP contribution in [-0.2, 0) is 6.42 Å². The van der Waals surface area contributed by atoms with Crippen LogP contribution >= 0.6 is 11.3 Å². The lowest BCUT2D eigenvalue weighted by atomic mass is 9.62. The lowest BCUT2D eigenvalue weighted by Gasteiger charge is -2.47. The molecule has 0 spiro atoms. The molecule has 1 saturated carbocycles. The van der Waals surface area contributed by atoms with Crippen LogP contribution < -0.4 is 5.73 Å². The molecule has 2 N–H and O–H groups in total. The Balaban J connectivity index is 2.17. The Morgan fingerprint density at radius 2 is 2.06 bits per heavy atom. The molecule has 1 aromatic rings. The van der Waals surface area contributed by atoms with E-state index in [0.29, 0.717) is 0 Å². The van der Waals surface area contributed by atoms with E-state index in [2.05, 4.69) is 31.1 Å². The van der Waals surface area contributed by atoms with Gasteiger partial charge in [-0.25, -0.2) is 4.98 Å². The van der Waals surface area contributed by atoms with Gasteiger partial charge in [0.25, 0.3) is 0 Å². The van der Waals surface area contributed by atoms with Crippen LogP contribution in [-0.4, -0.2) is 10.5 Å². The molecule has 3 heteroatoms. The molecule has 0 aliphatic heterocycles. The fraction of sp³-hybridized carbons (Fsp3) is 0.769. The van der Waals surface area contributed by atoms with Gasteiger partial charge < -0.3 is 5.73 Å². The van der Waals surface area contributed by atoms with Crippen LogP contribution in [0.1, 0.15) is 50.2 Å². The summed E-state index contributed by atoms with van der Waals surface area (Å²) < 4.78 is 0. The van der Waals surface area contributed by atoms with Crippen molar-refractivity contribution in [1.29, 1.82) is 0 Å². The van der Waals surface area contributed by atoms with Crippen LogP contribution in [0, 0.1) is 12.3 Å². The number of nitrogens with zero attached hydrogens (tertiary/aromatic N) is 1. The number of rotatable bonds is 2. The zero-order chi connectivity index (χ0) is 11.8. The Labute approximate surface area is 102 Å². The molecule has 2 rings (SSSR count). The first-order valence-corrected chi connectivity index (χ1v) is 7.01. The van der Waals surface area contributed by atoms with Gasteiger partial charge in [-0.1, -0.05) is 26.7 Å². The number of aryl methyl sites for hydroxylation is 1. The molecule has 1 aliphatic rings. The van der Waals surface area contributed by atoms with Crippen LogP contribution in [0.2, 0.25) is 0 Å². The molecule has 0 bridgehead atoms. The van der Waals surface area contributed by atoms with Crippen molar-refractivity contribution in [2.24, 2.45) is 11.1 Å². The summed E-state index contributed by atoms with van der Waals surface area (Å²) in [6.45, 7) is 6.68.